The van der Waals surface area contributed by atoms with Crippen molar-refractivity contribution in [3.8, 4) is 0 Å². The van der Waals surface area contributed by atoms with Gasteiger partial charge in [0.25, 0.3) is 0 Å². The summed E-state index contributed by atoms with van der Waals surface area (Å²) in [6.07, 6.45) is 1.14. The van der Waals surface area contributed by atoms with Gasteiger partial charge in [-0.15, -0.1) is 0 Å². The van der Waals surface area contributed by atoms with Crippen molar-refractivity contribution < 1.29 is 18.3 Å². The Morgan fingerprint density at radius 3 is 2.50 bits per heavy atom. The molecule has 106 valence electrons. The normalized spacial score (nSPS) is 13.1. The second-order valence-electron chi connectivity index (χ2n) is 4.16. The minimum Gasteiger partial charge on any atom is -0.480 e. The number of nitrogens with one attached hydrogen (secondary N) is 2. The summed E-state index contributed by atoms with van der Waals surface area (Å²) in [6.45, 7) is 1.54. The smallest absolute Gasteiger partial charge is 0.326 e. The second kappa shape index (κ2) is 5.43. The van der Waals surface area contributed by atoms with Crippen LogP contribution in [0.1, 0.15) is 17.3 Å². The van der Waals surface area contributed by atoms with Crippen molar-refractivity contribution in [1.82, 2.24) is 14.9 Å². The van der Waals surface area contributed by atoms with Crippen molar-refractivity contribution >= 4 is 16.0 Å². The lowest BCUT2D eigenvalue weighted by atomic mass is 10.1. The summed E-state index contributed by atoms with van der Waals surface area (Å²) >= 11 is 0. The Labute approximate surface area is 115 Å². The number of carboxylic acid groups (broad SMARTS) is 1. The number of rotatable bonds is 5. The molecule has 0 aliphatic heterocycles. The molecule has 1 atom stereocenters. The van der Waals surface area contributed by atoms with Gasteiger partial charge in [0.2, 0.25) is 10.0 Å². The standard InChI is InChI=1S/C12H13N3O4S/c1-8-10(7-13-14-8)20(18,19)15-11(12(16)17)9-5-3-2-4-6-9/h2-7,11,15H,1H3,(H,13,14)(H,16,17)/t11-/m0/s1. The maximum absolute atomic E-state index is 12.2. The van der Waals surface area contributed by atoms with Gasteiger partial charge in [0.05, 0.1) is 11.9 Å². The van der Waals surface area contributed by atoms with Crippen molar-refractivity contribution in [2.45, 2.75) is 17.9 Å². The highest BCUT2D eigenvalue weighted by Crippen LogP contribution is 2.18. The Morgan fingerprint density at radius 1 is 1.35 bits per heavy atom. The summed E-state index contributed by atoms with van der Waals surface area (Å²) in [7, 11) is -3.96. The van der Waals surface area contributed by atoms with E-state index in [4.69, 9.17) is 0 Å². The molecule has 20 heavy (non-hydrogen) atoms. The van der Waals surface area contributed by atoms with Gasteiger partial charge >= 0.3 is 5.97 Å². The summed E-state index contributed by atoms with van der Waals surface area (Å²) in [5.74, 6) is -1.28. The zero-order valence-electron chi connectivity index (χ0n) is 10.6. The Kier molecular flexibility index (Phi) is 3.86. The fraction of sp³-hybridized carbons (Fsp3) is 0.167. The van der Waals surface area contributed by atoms with E-state index in [-0.39, 0.29) is 4.90 Å². The number of aromatic amines is 1. The quantitative estimate of drug-likeness (QED) is 0.756. The first-order valence-corrected chi connectivity index (χ1v) is 7.20. The van der Waals surface area contributed by atoms with E-state index < -0.39 is 22.0 Å². The summed E-state index contributed by atoms with van der Waals surface area (Å²) in [6, 6.07) is 6.74. The summed E-state index contributed by atoms with van der Waals surface area (Å²) < 4.78 is 26.5. The van der Waals surface area contributed by atoms with E-state index in [2.05, 4.69) is 14.9 Å². The maximum atomic E-state index is 12.2. The number of carboxylic acids is 1. The van der Waals surface area contributed by atoms with Gasteiger partial charge in [0.15, 0.2) is 0 Å². The third-order valence-corrected chi connectivity index (χ3v) is 4.26. The van der Waals surface area contributed by atoms with Gasteiger partial charge in [-0.2, -0.15) is 9.82 Å². The number of benzene rings is 1. The van der Waals surface area contributed by atoms with Crippen molar-refractivity contribution in [1.29, 1.82) is 0 Å². The van der Waals surface area contributed by atoms with Gasteiger partial charge < -0.3 is 5.11 Å². The van der Waals surface area contributed by atoms with Crippen LogP contribution in [0.5, 0.6) is 0 Å². The molecule has 0 aliphatic carbocycles. The van der Waals surface area contributed by atoms with Crippen LogP contribution in [0, 0.1) is 6.92 Å². The number of aromatic nitrogens is 2. The van der Waals surface area contributed by atoms with Crippen LogP contribution in [-0.4, -0.2) is 29.7 Å². The summed E-state index contributed by atoms with van der Waals surface area (Å²) in [4.78, 5) is 11.2. The minimum absolute atomic E-state index is 0.0697. The van der Waals surface area contributed by atoms with E-state index >= 15 is 0 Å². The average molecular weight is 295 g/mol. The lowest BCUT2D eigenvalue weighted by Gasteiger charge is -2.14. The molecule has 2 aromatic rings. The Bertz CT molecular complexity index is 709. The molecule has 2 rings (SSSR count). The molecule has 8 heteroatoms. The van der Waals surface area contributed by atoms with Crippen LogP contribution in [0.25, 0.3) is 0 Å². The topological polar surface area (TPSA) is 112 Å². The molecule has 0 saturated carbocycles. The van der Waals surface area contributed by atoms with Crippen molar-refractivity contribution in [2.75, 3.05) is 0 Å². The zero-order chi connectivity index (χ0) is 14.8. The van der Waals surface area contributed by atoms with E-state index in [1.807, 2.05) is 0 Å². The van der Waals surface area contributed by atoms with Gasteiger partial charge in [-0.3, -0.25) is 9.89 Å². The molecule has 0 saturated heterocycles. The first kappa shape index (κ1) is 14.2. The number of H-pyrrole nitrogens is 1. The summed E-state index contributed by atoms with van der Waals surface area (Å²) in [5, 5.41) is 15.3. The van der Waals surface area contributed by atoms with Gasteiger partial charge in [0.1, 0.15) is 10.9 Å². The highest BCUT2D eigenvalue weighted by atomic mass is 32.2. The van der Waals surface area contributed by atoms with Crippen LogP contribution in [-0.2, 0) is 14.8 Å². The molecule has 0 aliphatic rings. The molecular formula is C12H13N3O4S. The van der Waals surface area contributed by atoms with Crippen molar-refractivity contribution in [3.63, 3.8) is 0 Å². The largest absolute Gasteiger partial charge is 0.480 e. The molecule has 0 bridgehead atoms. The minimum atomic E-state index is -3.96. The first-order valence-electron chi connectivity index (χ1n) is 5.72. The lowest BCUT2D eigenvalue weighted by molar-refractivity contribution is -0.139. The maximum Gasteiger partial charge on any atom is 0.326 e. The van der Waals surface area contributed by atoms with Gasteiger partial charge in [0, 0.05) is 0 Å². The molecule has 0 radical (unpaired) electrons. The molecule has 1 aromatic heterocycles. The number of aryl methyl sites for hydroxylation is 1. The van der Waals surface area contributed by atoms with Crippen molar-refractivity contribution in [2.24, 2.45) is 0 Å². The Balaban J connectivity index is 2.35. The SMILES string of the molecule is Cc1[nH]ncc1S(=O)(=O)N[C@H](C(=O)O)c1ccccc1. The van der Waals surface area contributed by atoms with Gasteiger partial charge in [-0.05, 0) is 12.5 Å². The number of carbonyl (C=O) groups is 1. The fourth-order valence-electron chi connectivity index (χ4n) is 1.74. The third-order valence-electron chi connectivity index (χ3n) is 2.73. The Hall–Kier alpha value is -2.19. The van der Waals surface area contributed by atoms with E-state index in [0.29, 0.717) is 11.3 Å². The van der Waals surface area contributed by atoms with Crippen LogP contribution >= 0.6 is 0 Å². The highest BCUT2D eigenvalue weighted by Gasteiger charge is 2.28. The molecule has 0 fully saturated rings. The van der Waals surface area contributed by atoms with Gasteiger partial charge in [-0.1, -0.05) is 30.3 Å². The lowest BCUT2D eigenvalue weighted by Crippen LogP contribution is -2.33. The van der Waals surface area contributed by atoms with Crippen LogP contribution in [0.3, 0.4) is 0 Å². The number of hydrogen-bond acceptors (Lipinski definition) is 4. The van der Waals surface area contributed by atoms with Gasteiger partial charge in [-0.25, -0.2) is 8.42 Å². The van der Waals surface area contributed by atoms with E-state index in [9.17, 15) is 18.3 Å². The highest BCUT2D eigenvalue weighted by molar-refractivity contribution is 7.89. The first-order chi connectivity index (χ1) is 9.42. The number of sulfonamides is 1. The number of nitrogens with zero attached hydrogens (tertiary/aromatic N) is 1. The van der Waals surface area contributed by atoms with E-state index in [1.165, 1.54) is 0 Å². The Morgan fingerprint density at radius 2 is 2.00 bits per heavy atom. The predicted molar refractivity (Wildman–Crippen MR) is 70.5 cm³/mol. The van der Waals surface area contributed by atoms with Crippen LogP contribution < -0.4 is 4.72 Å². The number of aliphatic carboxylic acids is 1. The zero-order valence-corrected chi connectivity index (χ0v) is 11.4. The monoisotopic (exact) mass is 295 g/mol. The van der Waals surface area contributed by atoms with Crippen molar-refractivity contribution in [3.05, 3.63) is 47.8 Å². The molecule has 0 unspecified atom stereocenters. The molecule has 1 aromatic carbocycles. The third kappa shape index (κ3) is 2.86. The second-order valence-corrected chi connectivity index (χ2v) is 5.84. The molecule has 0 amide bonds. The fourth-order valence-corrected chi connectivity index (χ4v) is 3.05. The van der Waals surface area contributed by atoms with Crippen LogP contribution in [0.4, 0.5) is 0 Å². The van der Waals surface area contributed by atoms with E-state index in [1.54, 1.807) is 37.3 Å². The molecule has 0 spiro atoms. The van der Waals surface area contributed by atoms with Crippen LogP contribution in [0.2, 0.25) is 0 Å². The molecular weight excluding hydrogens is 282 g/mol. The number of hydrogen-bond donors (Lipinski definition) is 3. The average Bonchev–Trinajstić information content (AvgIpc) is 2.84. The predicted octanol–water partition coefficient (Wildman–Crippen LogP) is 0.822. The summed E-state index contributed by atoms with van der Waals surface area (Å²) in [5.41, 5.74) is 0.694. The molecule has 7 nitrogen and oxygen atoms in total. The van der Waals surface area contributed by atoms with Crippen LogP contribution in [0.15, 0.2) is 41.4 Å². The molecule has 3 N–H and O–H groups in total. The molecule has 1 heterocycles. The van der Waals surface area contributed by atoms with E-state index in [0.717, 1.165) is 6.20 Å².